The molecular formula is C10H13ClN2O2S. The monoisotopic (exact) mass is 260 g/mol. The average Bonchev–Trinajstić information content (AvgIpc) is 2.68. The summed E-state index contributed by atoms with van der Waals surface area (Å²) < 4.78 is 10.4. The minimum Gasteiger partial charge on any atom is -0.493 e. The lowest BCUT2D eigenvalue weighted by Crippen LogP contribution is -1.89. The first kappa shape index (κ1) is 13.0. The fraction of sp³-hybridized carbons (Fsp3) is 0.300. The average molecular weight is 261 g/mol. The first-order valence-corrected chi connectivity index (χ1v) is 5.66. The molecule has 0 aliphatic rings. The van der Waals surface area contributed by atoms with Gasteiger partial charge in [-0.3, -0.25) is 0 Å². The van der Waals surface area contributed by atoms with Crippen LogP contribution >= 0.6 is 24.2 Å². The zero-order chi connectivity index (χ0) is 10.8. The van der Waals surface area contributed by atoms with Gasteiger partial charge in [0.25, 0.3) is 0 Å². The summed E-state index contributed by atoms with van der Waals surface area (Å²) in [6, 6.07) is 3.76. The van der Waals surface area contributed by atoms with Crippen LogP contribution in [0.15, 0.2) is 17.3 Å². The van der Waals surface area contributed by atoms with Gasteiger partial charge in [-0.15, -0.1) is 12.4 Å². The van der Waals surface area contributed by atoms with E-state index in [1.807, 2.05) is 18.4 Å². The summed E-state index contributed by atoms with van der Waals surface area (Å²) in [5.41, 5.74) is 1.84. The summed E-state index contributed by atoms with van der Waals surface area (Å²) in [6.45, 7) is 0. The van der Waals surface area contributed by atoms with Crippen molar-refractivity contribution in [3.63, 3.8) is 0 Å². The van der Waals surface area contributed by atoms with E-state index in [2.05, 4.69) is 9.97 Å². The van der Waals surface area contributed by atoms with Crippen LogP contribution < -0.4 is 9.47 Å². The second kappa shape index (κ2) is 5.32. The van der Waals surface area contributed by atoms with Crippen molar-refractivity contribution >= 4 is 35.2 Å². The number of halogens is 1. The summed E-state index contributed by atoms with van der Waals surface area (Å²) in [4.78, 5) is 7.57. The largest absolute Gasteiger partial charge is 0.493 e. The number of aromatic nitrogens is 2. The zero-order valence-electron chi connectivity index (χ0n) is 9.23. The molecular weight excluding hydrogens is 248 g/mol. The SMILES string of the molecule is COc1cc2nc(SC)[nH]c2cc1OC.Cl. The van der Waals surface area contributed by atoms with E-state index in [-0.39, 0.29) is 12.4 Å². The Balaban J connectivity index is 0.00000128. The summed E-state index contributed by atoms with van der Waals surface area (Å²) in [5, 5.41) is 0.889. The molecule has 1 N–H and O–H groups in total. The quantitative estimate of drug-likeness (QED) is 0.862. The zero-order valence-corrected chi connectivity index (χ0v) is 10.9. The third-order valence-electron chi connectivity index (χ3n) is 2.16. The number of H-pyrrole nitrogens is 1. The Morgan fingerprint density at radius 2 is 1.81 bits per heavy atom. The van der Waals surface area contributed by atoms with Crippen LogP contribution in [0.1, 0.15) is 0 Å². The van der Waals surface area contributed by atoms with Gasteiger partial charge in [0, 0.05) is 12.1 Å². The number of imidazole rings is 1. The van der Waals surface area contributed by atoms with Gasteiger partial charge in [-0.2, -0.15) is 0 Å². The van der Waals surface area contributed by atoms with E-state index >= 15 is 0 Å². The molecule has 0 unspecified atom stereocenters. The second-order valence-electron chi connectivity index (χ2n) is 2.97. The molecule has 16 heavy (non-hydrogen) atoms. The molecule has 1 aromatic carbocycles. The van der Waals surface area contributed by atoms with Gasteiger partial charge >= 0.3 is 0 Å². The molecule has 0 atom stereocenters. The van der Waals surface area contributed by atoms with Crippen molar-refractivity contribution in [2.45, 2.75) is 5.16 Å². The smallest absolute Gasteiger partial charge is 0.166 e. The van der Waals surface area contributed by atoms with E-state index in [9.17, 15) is 0 Å². The van der Waals surface area contributed by atoms with Crippen molar-refractivity contribution in [1.29, 1.82) is 0 Å². The molecule has 0 saturated heterocycles. The molecule has 0 fully saturated rings. The Hall–Kier alpha value is -1.07. The Bertz CT molecular complexity index is 446. The van der Waals surface area contributed by atoms with Crippen LogP contribution in [-0.2, 0) is 0 Å². The molecule has 0 spiro atoms. The van der Waals surface area contributed by atoms with Gasteiger partial charge in [0.2, 0.25) is 0 Å². The molecule has 2 aromatic rings. The van der Waals surface area contributed by atoms with Gasteiger partial charge in [-0.05, 0) is 6.26 Å². The van der Waals surface area contributed by atoms with Gasteiger partial charge in [0.15, 0.2) is 16.7 Å². The number of ether oxygens (including phenoxy) is 2. The number of hydrogen-bond donors (Lipinski definition) is 1. The van der Waals surface area contributed by atoms with Crippen LogP contribution in [0, 0.1) is 0 Å². The number of aromatic amines is 1. The van der Waals surface area contributed by atoms with Crippen molar-refractivity contribution < 1.29 is 9.47 Å². The van der Waals surface area contributed by atoms with E-state index in [0.29, 0.717) is 11.5 Å². The highest BCUT2D eigenvalue weighted by Gasteiger charge is 2.09. The lowest BCUT2D eigenvalue weighted by Gasteiger charge is -2.06. The van der Waals surface area contributed by atoms with E-state index in [0.717, 1.165) is 16.2 Å². The molecule has 0 aliphatic heterocycles. The van der Waals surface area contributed by atoms with E-state index < -0.39 is 0 Å². The number of benzene rings is 1. The maximum absolute atomic E-state index is 5.21. The van der Waals surface area contributed by atoms with Crippen LogP contribution in [0.25, 0.3) is 11.0 Å². The molecule has 4 nitrogen and oxygen atoms in total. The fourth-order valence-electron chi connectivity index (χ4n) is 1.41. The highest BCUT2D eigenvalue weighted by molar-refractivity contribution is 7.98. The number of rotatable bonds is 3. The topological polar surface area (TPSA) is 47.1 Å². The summed E-state index contributed by atoms with van der Waals surface area (Å²) in [6.07, 6.45) is 1.98. The van der Waals surface area contributed by atoms with Crippen molar-refractivity contribution in [3.05, 3.63) is 12.1 Å². The number of fused-ring (bicyclic) bond motifs is 1. The molecule has 1 heterocycles. The first-order valence-electron chi connectivity index (χ1n) is 4.44. The number of hydrogen-bond acceptors (Lipinski definition) is 4. The minimum absolute atomic E-state index is 0. The van der Waals surface area contributed by atoms with Crippen LogP contribution in [0.4, 0.5) is 0 Å². The van der Waals surface area contributed by atoms with E-state index in [4.69, 9.17) is 9.47 Å². The van der Waals surface area contributed by atoms with E-state index in [1.165, 1.54) is 0 Å². The van der Waals surface area contributed by atoms with Crippen molar-refractivity contribution in [2.24, 2.45) is 0 Å². The van der Waals surface area contributed by atoms with Crippen molar-refractivity contribution in [1.82, 2.24) is 9.97 Å². The number of thioether (sulfide) groups is 1. The third kappa shape index (κ3) is 2.20. The Morgan fingerprint density at radius 3 is 2.38 bits per heavy atom. The molecule has 0 amide bonds. The highest BCUT2D eigenvalue weighted by Crippen LogP contribution is 2.31. The van der Waals surface area contributed by atoms with Gasteiger partial charge < -0.3 is 14.5 Å². The lowest BCUT2D eigenvalue weighted by molar-refractivity contribution is 0.356. The molecule has 88 valence electrons. The highest BCUT2D eigenvalue weighted by atomic mass is 35.5. The maximum atomic E-state index is 5.21. The van der Waals surface area contributed by atoms with Gasteiger partial charge in [-0.25, -0.2) is 4.98 Å². The number of nitrogens with one attached hydrogen (secondary N) is 1. The fourth-order valence-corrected chi connectivity index (χ4v) is 1.81. The normalized spacial score (nSPS) is 9.94. The molecule has 2 rings (SSSR count). The molecule has 6 heteroatoms. The Morgan fingerprint density at radius 1 is 1.19 bits per heavy atom. The molecule has 0 saturated carbocycles. The Kier molecular flexibility index (Phi) is 4.32. The third-order valence-corrected chi connectivity index (χ3v) is 2.74. The summed E-state index contributed by atoms with van der Waals surface area (Å²) >= 11 is 1.57. The van der Waals surface area contributed by atoms with Crippen LogP contribution in [0.3, 0.4) is 0 Å². The standard InChI is InChI=1S/C10H12N2O2S.ClH/c1-13-8-4-6-7(5-9(8)14-2)12-10(11-6)15-3;/h4-5H,1-3H3,(H,11,12);1H. The number of nitrogens with zero attached hydrogens (tertiary/aromatic N) is 1. The van der Waals surface area contributed by atoms with Crippen molar-refractivity contribution in [3.8, 4) is 11.5 Å². The summed E-state index contributed by atoms with van der Waals surface area (Å²) in [7, 11) is 3.24. The molecule has 0 radical (unpaired) electrons. The van der Waals surface area contributed by atoms with Gasteiger partial charge in [-0.1, -0.05) is 11.8 Å². The van der Waals surface area contributed by atoms with Crippen LogP contribution in [0.2, 0.25) is 0 Å². The predicted octanol–water partition coefficient (Wildman–Crippen LogP) is 2.72. The Labute approximate surface area is 104 Å². The molecule has 1 aromatic heterocycles. The lowest BCUT2D eigenvalue weighted by atomic mass is 10.3. The summed E-state index contributed by atoms with van der Waals surface area (Å²) in [5.74, 6) is 1.41. The first-order chi connectivity index (χ1) is 7.28. The molecule has 0 aliphatic carbocycles. The van der Waals surface area contributed by atoms with Crippen LogP contribution in [-0.4, -0.2) is 30.4 Å². The van der Waals surface area contributed by atoms with E-state index in [1.54, 1.807) is 26.0 Å². The predicted molar refractivity (Wildman–Crippen MR) is 68.2 cm³/mol. The minimum atomic E-state index is 0. The molecule has 0 bridgehead atoms. The second-order valence-corrected chi connectivity index (χ2v) is 3.77. The number of methoxy groups -OCH3 is 2. The van der Waals surface area contributed by atoms with Gasteiger partial charge in [0.05, 0.1) is 25.3 Å². The van der Waals surface area contributed by atoms with Gasteiger partial charge in [0.1, 0.15) is 0 Å². The maximum Gasteiger partial charge on any atom is 0.166 e. The van der Waals surface area contributed by atoms with Crippen LogP contribution in [0.5, 0.6) is 11.5 Å². The van der Waals surface area contributed by atoms with Crippen molar-refractivity contribution in [2.75, 3.05) is 20.5 Å².